The summed E-state index contributed by atoms with van der Waals surface area (Å²) in [6.07, 6.45) is 0. The van der Waals surface area contributed by atoms with Crippen LogP contribution in [0.15, 0.2) is 53.4 Å². The normalized spacial score (nSPS) is 11.9. The smallest absolute Gasteiger partial charge is 0.258 e. The minimum absolute atomic E-state index is 0.0809. The van der Waals surface area contributed by atoms with Crippen molar-refractivity contribution in [3.05, 3.63) is 59.7 Å². The molecule has 146 valence electrons. The number of sulfonamides is 1. The van der Waals surface area contributed by atoms with E-state index in [1.165, 1.54) is 19.2 Å². The van der Waals surface area contributed by atoms with E-state index >= 15 is 0 Å². The zero-order valence-corrected chi connectivity index (χ0v) is 16.9. The number of hydrogen-bond donors (Lipinski definition) is 2. The highest BCUT2D eigenvalue weighted by atomic mass is 32.2. The number of para-hydroxylation sites is 1. The number of carbonyl (C=O) groups is 1. The van der Waals surface area contributed by atoms with Gasteiger partial charge in [0, 0.05) is 6.54 Å². The van der Waals surface area contributed by atoms with Crippen LogP contribution >= 0.6 is 0 Å². The maximum Gasteiger partial charge on any atom is 0.258 e. The van der Waals surface area contributed by atoms with Gasteiger partial charge in [-0.05, 0) is 41.8 Å². The second-order valence-corrected chi connectivity index (χ2v) is 9.05. The minimum atomic E-state index is -3.46. The molecule has 1 amide bonds. The predicted octanol–water partition coefficient (Wildman–Crippen LogP) is 2.59. The van der Waals surface area contributed by atoms with E-state index in [1.807, 2.05) is 24.3 Å². The lowest BCUT2D eigenvalue weighted by Crippen LogP contribution is -2.29. The molecule has 0 aliphatic rings. The molecule has 0 heterocycles. The first-order chi connectivity index (χ1) is 12.6. The summed E-state index contributed by atoms with van der Waals surface area (Å²) >= 11 is 0. The molecule has 2 aromatic carbocycles. The summed E-state index contributed by atoms with van der Waals surface area (Å²) in [5, 5.41) is 2.77. The van der Waals surface area contributed by atoms with Crippen LogP contribution in [0.5, 0.6) is 5.75 Å². The maximum atomic E-state index is 12.1. The lowest BCUT2D eigenvalue weighted by Gasteiger charge is -2.22. The SMILES string of the molecule is CNS(=O)(=O)c1ccc(CNC(=O)COc2ccccc2C(C)(C)C)cc1. The molecular formula is C20H26N2O4S. The van der Waals surface area contributed by atoms with Crippen LogP contribution < -0.4 is 14.8 Å². The summed E-state index contributed by atoms with van der Waals surface area (Å²) in [4.78, 5) is 12.3. The number of carbonyl (C=O) groups excluding carboxylic acids is 1. The fraction of sp³-hybridized carbons (Fsp3) is 0.350. The highest BCUT2D eigenvalue weighted by molar-refractivity contribution is 7.89. The molecular weight excluding hydrogens is 364 g/mol. The van der Waals surface area contributed by atoms with Crippen molar-refractivity contribution in [2.45, 2.75) is 37.6 Å². The molecule has 0 saturated carbocycles. The Labute approximate surface area is 161 Å². The highest BCUT2D eigenvalue weighted by Crippen LogP contribution is 2.30. The van der Waals surface area contributed by atoms with E-state index in [0.717, 1.165) is 11.1 Å². The Morgan fingerprint density at radius 2 is 1.67 bits per heavy atom. The van der Waals surface area contributed by atoms with Gasteiger partial charge >= 0.3 is 0 Å². The summed E-state index contributed by atoms with van der Waals surface area (Å²) in [5.41, 5.74) is 1.76. The molecule has 0 atom stereocenters. The molecule has 7 heteroatoms. The van der Waals surface area contributed by atoms with Crippen molar-refractivity contribution >= 4 is 15.9 Å². The molecule has 6 nitrogen and oxygen atoms in total. The number of ether oxygens (including phenoxy) is 1. The standard InChI is InChI=1S/C20H26N2O4S/c1-20(2,3)17-7-5-6-8-18(17)26-14-19(23)22-13-15-9-11-16(12-10-15)27(24,25)21-4/h5-12,21H,13-14H2,1-4H3,(H,22,23). The van der Waals surface area contributed by atoms with E-state index in [-0.39, 0.29) is 22.8 Å². The van der Waals surface area contributed by atoms with Crippen molar-refractivity contribution in [2.75, 3.05) is 13.7 Å². The third-order valence-corrected chi connectivity index (χ3v) is 5.48. The van der Waals surface area contributed by atoms with Gasteiger partial charge in [-0.3, -0.25) is 4.79 Å². The van der Waals surface area contributed by atoms with Gasteiger partial charge in [0.1, 0.15) is 5.75 Å². The molecule has 2 rings (SSSR count). The lowest BCUT2D eigenvalue weighted by atomic mass is 9.86. The Hall–Kier alpha value is -2.38. The van der Waals surface area contributed by atoms with E-state index < -0.39 is 10.0 Å². The second kappa shape index (κ2) is 8.54. The van der Waals surface area contributed by atoms with Gasteiger partial charge in [-0.25, -0.2) is 13.1 Å². The van der Waals surface area contributed by atoms with Crippen LogP contribution in [0.25, 0.3) is 0 Å². The number of nitrogens with one attached hydrogen (secondary N) is 2. The van der Waals surface area contributed by atoms with Gasteiger partial charge in [0.2, 0.25) is 10.0 Å². The van der Waals surface area contributed by atoms with E-state index in [2.05, 4.69) is 30.8 Å². The van der Waals surface area contributed by atoms with E-state index in [4.69, 9.17) is 4.74 Å². The van der Waals surface area contributed by atoms with Gasteiger partial charge in [-0.1, -0.05) is 51.1 Å². The zero-order chi connectivity index (χ0) is 20.1. The van der Waals surface area contributed by atoms with Gasteiger partial charge in [-0.2, -0.15) is 0 Å². The van der Waals surface area contributed by atoms with Crippen molar-refractivity contribution in [2.24, 2.45) is 0 Å². The first kappa shape index (κ1) is 20.9. The Kier molecular flexibility index (Phi) is 6.62. The maximum absolute atomic E-state index is 12.1. The van der Waals surface area contributed by atoms with Crippen LogP contribution in [0.4, 0.5) is 0 Å². The molecule has 2 aromatic rings. The van der Waals surface area contributed by atoms with Crippen LogP contribution in [-0.2, 0) is 26.8 Å². The molecule has 2 N–H and O–H groups in total. The van der Waals surface area contributed by atoms with E-state index in [0.29, 0.717) is 12.3 Å². The van der Waals surface area contributed by atoms with Gasteiger partial charge in [0.15, 0.2) is 6.61 Å². The van der Waals surface area contributed by atoms with Crippen LogP contribution in [-0.4, -0.2) is 28.0 Å². The van der Waals surface area contributed by atoms with Crippen LogP contribution in [0.3, 0.4) is 0 Å². The van der Waals surface area contributed by atoms with Crippen molar-refractivity contribution in [1.29, 1.82) is 0 Å². The molecule has 0 unspecified atom stereocenters. The third-order valence-electron chi connectivity index (χ3n) is 4.05. The Balaban J connectivity index is 1.91. The molecule has 27 heavy (non-hydrogen) atoms. The Bertz CT molecular complexity index is 885. The van der Waals surface area contributed by atoms with Crippen LogP contribution in [0.2, 0.25) is 0 Å². The Morgan fingerprint density at radius 1 is 1.04 bits per heavy atom. The van der Waals surface area contributed by atoms with Gasteiger partial charge in [-0.15, -0.1) is 0 Å². The molecule has 0 radical (unpaired) electrons. The van der Waals surface area contributed by atoms with E-state index in [1.54, 1.807) is 12.1 Å². The van der Waals surface area contributed by atoms with Gasteiger partial charge in [0.25, 0.3) is 5.91 Å². The largest absolute Gasteiger partial charge is 0.483 e. The average Bonchev–Trinajstić information content (AvgIpc) is 2.64. The van der Waals surface area contributed by atoms with Gasteiger partial charge in [0.05, 0.1) is 4.90 Å². The van der Waals surface area contributed by atoms with Gasteiger partial charge < -0.3 is 10.1 Å². The first-order valence-electron chi connectivity index (χ1n) is 8.65. The highest BCUT2D eigenvalue weighted by Gasteiger charge is 2.18. The number of rotatable bonds is 7. The molecule has 0 saturated heterocycles. The quantitative estimate of drug-likeness (QED) is 0.761. The summed E-state index contributed by atoms with van der Waals surface area (Å²) < 4.78 is 31.4. The molecule has 0 fully saturated rings. The fourth-order valence-corrected chi connectivity index (χ4v) is 3.24. The summed E-state index contributed by atoms with van der Waals surface area (Å²) in [5.74, 6) is 0.451. The van der Waals surface area contributed by atoms with Crippen LogP contribution in [0, 0.1) is 0 Å². The molecule has 0 aliphatic heterocycles. The number of amides is 1. The predicted molar refractivity (Wildman–Crippen MR) is 105 cm³/mol. The first-order valence-corrected chi connectivity index (χ1v) is 10.1. The lowest BCUT2D eigenvalue weighted by molar-refractivity contribution is -0.123. The molecule has 0 bridgehead atoms. The number of hydrogen-bond acceptors (Lipinski definition) is 4. The third kappa shape index (κ3) is 5.80. The van der Waals surface area contributed by atoms with E-state index in [9.17, 15) is 13.2 Å². The molecule has 0 aromatic heterocycles. The molecule has 0 aliphatic carbocycles. The van der Waals surface area contributed by atoms with Crippen molar-refractivity contribution in [3.63, 3.8) is 0 Å². The summed E-state index contributed by atoms with van der Waals surface area (Å²) in [6, 6.07) is 14.0. The fourth-order valence-electron chi connectivity index (χ4n) is 2.51. The second-order valence-electron chi connectivity index (χ2n) is 7.16. The summed E-state index contributed by atoms with van der Waals surface area (Å²) in [6.45, 7) is 6.48. The monoisotopic (exact) mass is 390 g/mol. The zero-order valence-electron chi connectivity index (χ0n) is 16.1. The Morgan fingerprint density at radius 3 is 2.26 bits per heavy atom. The molecule has 0 spiro atoms. The average molecular weight is 391 g/mol. The van der Waals surface area contributed by atoms with Crippen molar-refractivity contribution < 1.29 is 17.9 Å². The van der Waals surface area contributed by atoms with Crippen LogP contribution in [0.1, 0.15) is 31.9 Å². The number of benzene rings is 2. The minimum Gasteiger partial charge on any atom is -0.483 e. The summed E-state index contributed by atoms with van der Waals surface area (Å²) in [7, 11) is -2.10. The van der Waals surface area contributed by atoms with Crippen molar-refractivity contribution in [1.82, 2.24) is 10.0 Å². The van der Waals surface area contributed by atoms with Crippen molar-refractivity contribution in [3.8, 4) is 5.75 Å². The topological polar surface area (TPSA) is 84.5 Å².